The fourth-order valence-electron chi connectivity index (χ4n) is 1.75. The van der Waals surface area contributed by atoms with Gasteiger partial charge in [0.25, 0.3) is 0 Å². The number of amides is 1. The maximum atomic E-state index is 11.6. The van der Waals surface area contributed by atoms with E-state index in [2.05, 4.69) is 12.6 Å². The zero-order valence-electron chi connectivity index (χ0n) is 8.47. The van der Waals surface area contributed by atoms with Crippen LogP contribution in [0.5, 0.6) is 5.75 Å². The number of phenolic OH excluding ortho intramolecular Hbond substituents is 1. The number of aromatic hydroxyl groups is 1. The summed E-state index contributed by atoms with van der Waals surface area (Å²) in [5.74, 6) is 0.355. The minimum Gasteiger partial charge on any atom is -0.508 e. The molecule has 0 spiro atoms. The van der Waals surface area contributed by atoms with E-state index in [4.69, 9.17) is 0 Å². The van der Waals surface area contributed by atoms with E-state index < -0.39 is 0 Å². The second-order valence-corrected chi connectivity index (χ2v) is 4.56. The number of aryl methyl sites for hydroxylation is 1. The normalized spacial score (nSPS) is 21.1. The number of benzene rings is 1. The average molecular weight is 223 g/mol. The summed E-state index contributed by atoms with van der Waals surface area (Å²) in [6, 6.07) is 5.19. The van der Waals surface area contributed by atoms with Crippen molar-refractivity contribution >= 4 is 24.2 Å². The van der Waals surface area contributed by atoms with Crippen LogP contribution < -0.4 is 4.90 Å². The summed E-state index contributed by atoms with van der Waals surface area (Å²) in [5, 5.41) is 9.50. The second-order valence-electron chi connectivity index (χ2n) is 3.83. The molecule has 1 amide bonds. The molecular weight excluding hydrogens is 210 g/mol. The molecular formula is C11H13NO2S. The fraction of sp³-hybridized carbons (Fsp3) is 0.364. The quantitative estimate of drug-likeness (QED) is 0.712. The van der Waals surface area contributed by atoms with Crippen LogP contribution in [0, 0.1) is 6.92 Å². The molecule has 1 heterocycles. The van der Waals surface area contributed by atoms with Gasteiger partial charge in [-0.1, -0.05) is 0 Å². The standard InChI is InChI=1S/C11H13NO2S/c1-7-4-8(2-3-10(7)13)12-6-9(15)5-11(12)14/h2-4,9,13,15H,5-6H2,1H3. The van der Waals surface area contributed by atoms with Gasteiger partial charge in [0.2, 0.25) is 5.91 Å². The molecule has 3 nitrogen and oxygen atoms in total. The molecule has 1 atom stereocenters. The Morgan fingerprint density at radius 1 is 1.53 bits per heavy atom. The Balaban J connectivity index is 2.30. The maximum Gasteiger partial charge on any atom is 0.228 e. The monoisotopic (exact) mass is 223 g/mol. The molecule has 0 aliphatic carbocycles. The smallest absolute Gasteiger partial charge is 0.228 e. The number of carbonyl (C=O) groups is 1. The summed E-state index contributed by atoms with van der Waals surface area (Å²) in [7, 11) is 0. The highest BCUT2D eigenvalue weighted by molar-refractivity contribution is 7.81. The van der Waals surface area contributed by atoms with E-state index in [1.807, 2.05) is 13.0 Å². The first-order valence-electron chi connectivity index (χ1n) is 4.86. The Morgan fingerprint density at radius 3 is 2.80 bits per heavy atom. The minimum atomic E-state index is 0.0973. The number of carbonyl (C=O) groups excluding carboxylic acids is 1. The van der Waals surface area contributed by atoms with Crippen LogP contribution in [0.15, 0.2) is 18.2 Å². The van der Waals surface area contributed by atoms with Crippen molar-refractivity contribution < 1.29 is 9.90 Å². The highest BCUT2D eigenvalue weighted by atomic mass is 32.1. The predicted molar refractivity (Wildman–Crippen MR) is 62.6 cm³/mol. The molecule has 1 aromatic carbocycles. The van der Waals surface area contributed by atoms with Crippen LogP contribution in [0.2, 0.25) is 0 Å². The van der Waals surface area contributed by atoms with Crippen LogP contribution in [0.25, 0.3) is 0 Å². The van der Waals surface area contributed by atoms with Gasteiger partial charge in [0.15, 0.2) is 0 Å². The Bertz CT molecular complexity index is 406. The molecule has 0 bridgehead atoms. The first-order valence-corrected chi connectivity index (χ1v) is 5.37. The Morgan fingerprint density at radius 2 is 2.27 bits per heavy atom. The van der Waals surface area contributed by atoms with Crippen molar-refractivity contribution in [2.24, 2.45) is 0 Å². The summed E-state index contributed by atoms with van der Waals surface area (Å²) in [4.78, 5) is 13.3. The summed E-state index contributed by atoms with van der Waals surface area (Å²) < 4.78 is 0. The lowest BCUT2D eigenvalue weighted by atomic mass is 10.2. The predicted octanol–water partition coefficient (Wildman–Crippen LogP) is 1.74. The average Bonchev–Trinajstić information content (AvgIpc) is 2.50. The molecule has 2 rings (SSSR count). The number of hydrogen-bond donors (Lipinski definition) is 2. The number of thiol groups is 1. The van der Waals surface area contributed by atoms with E-state index in [0.29, 0.717) is 13.0 Å². The molecule has 1 aromatic rings. The zero-order valence-corrected chi connectivity index (χ0v) is 9.37. The lowest BCUT2D eigenvalue weighted by Crippen LogP contribution is -2.24. The fourth-order valence-corrected chi connectivity index (χ4v) is 2.07. The molecule has 1 saturated heterocycles. The molecule has 0 aromatic heterocycles. The van der Waals surface area contributed by atoms with Crippen molar-refractivity contribution in [1.82, 2.24) is 0 Å². The summed E-state index contributed by atoms with van der Waals surface area (Å²) >= 11 is 4.30. The second kappa shape index (κ2) is 3.77. The summed E-state index contributed by atoms with van der Waals surface area (Å²) in [6.07, 6.45) is 0.489. The molecule has 15 heavy (non-hydrogen) atoms. The van der Waals surface area contributed by atoms with Gasteiger partial charge in [-0.25, -0.2) is 0 Å². The maximum absolute atomic E-state index is 11.6. The number of rotatable bonds is 1. The van der Waals surface area contributed by atoms with Crippen molar-refractivity contribution in [2.75, 3.05) is 11.4 Å². The lowest BCUT2D eigenvalue weighted by Gasteiger charge is -2.16. The molecule has 1 unspecified atom stereocenters. The molecule has 1 N–H and O–H groups in total. The molecule has 0 radical (unpaired) electrons. The van der Waals surface area contributed by atoms with Gasteiger partial charge in [0.05, 0.1) is 0 Å². The third-order valence-corrected chi connectivity index (χ3v) is 2.94. The number of anilines is 1. The summed E-state index contributed by atoms with van der Waals surface area (Å²) in [5.41, 5.74) is 1.62. The van der Waals surface area contributed by atoms with Gasteiger partial charge in [0.1, 0.15) is 5.75 Å². The molecule has 1 aliphatic rings. The van der Waals surface area contributed by atoms with Crippen LogP contribution in [-0.4, -0.2) is 22.8 Å². The molecule has 4 heteroatoms. The van der Waals surface area contributed by atoms with Crippen LogP contribution in [0.3, 0.4) is 0 Å². The Hall–Kier alpha value is -1.16. The van der Waals surface area contributed by atoms with Crippen molar-refractivity contribution in [2.45, 2.75) is 18.6 Å². The van der Waals surface area contributed by atoms with Crippen LogP contribution in [-0.2, 0) is 4.79 Å². The van der Waals surface area contributed by atoms with Gasteiger partial charge in [-0.3, -0.25) is 4.79 Å². The topological polar surface area (TPSA) is 40.5 Å². The van der Waals surface area contributed by atoms with Gasteiger partial charge in [-0.15, -0.1) is 0 Å². The molecule has 1 fully saturated rings. The Labute approximate surface area is 94.1 Å². The first kappa shape index (κ1) is 10.4. The van der Waals surface area contributed by atoms with Crippen molar-refractivity contribution in [3.63, 3.8) is 0 Å². The molecule has 0 saturated carbocycles. The van der Waals surface area contributed by atoms with Crippen LogP contribution in [0.1, 0.15) is 12.0 Å². The van der Waals surface area contributed by atoms with Crippen molar-refractivity contribution in [3.05, 3.63) is 23.8 Å². The van der Waals surface area contributed by atoms with E-state index in [1.54, 1.807) is 17.0 Å². The lowest BCUT2D eigenvalue weighted by molar-refractivity contribution is -0.117. The first-order chi connectivity index (χ1) is 7.08. The third kappa shape index (κ3) is 1.95. The Kier molecular flexibility index (Phi) is 2.61. The minimum absolute atomic E-state index is 0.0973. The van der Waals surface area contributed by atoms with Gasteiger partial charge >= 0.3 is 0 Å². The van der Waals surface area contributed by atoms with E-state index in [1.165, 1.54) is 0 Å². The highest BCUT2D eigenvalue weighted by Crippen LogP contribution is 2.27. The van der Waals surface area contributed by atoms with Gasteiger partial charge in [-0.05, 0) is 30.7 Å². The van der Waals surface area contributed by atoms with E-state index in [-0.39, 0.29) is 16.9 Å². The van der Waals surface area contributed by atoms with Gasteiger partial charge in [0, 0.05) is 23.9 Å². The largest absolute Gasteiger partial charge is 0.508 e. The van der Waals surface area contributed by atoms with Gasteiger partial charge in [-0.2, -0.15) is 12.6 Å². The number of phenols is 1. The SMILES string of the molecule is Cc1cc(N2CC(S)CC2=O)ccc1O. The highest BCUT2D eigenvalue weighted by Gasteiger charge is 2.28. The van der Waals surface area contributed by atoms with Gasteiger partial charge < -0.3 is 10.0 Å². The van der Waals surface area contributed by atoms with Crippen molar-refractivity contribution in [1.29, 1.82) is 0 Å². The number of hydrogen-bond acceptors (Lipinski definition) is 3. The van der Waals surface area contributed by atoms with E-state index in [0.717, 1.165) is 11.3 Å². The van der Waals surface area contributed by atoms with E-state index in [9.17, 15) is 9.90 Å². The third-order valence-electron chi connectivity index (χ3n) is 2.60. The summed E-state index contributed by atoms with van der Waals surface area (Å²) in [6.45, 7) is 2.46. The van der Waals surface area contributed by atoms with E-state index >= 15 is 0 Å². The zero-order chi connectivity index (χ0) is 11.0. The molecule has 80 valence electrons. The van der Waals surface area contributed by atoms with Crippen LogP contribution in [0.4, 0.5) is 5.69 Å². The van der Waals surface area contributed by atoms with Crippen LogP contribution >= 0.6 is 12.6 Å². The van der Waals surface area contributed by atoms with Crippen molar-refractivity contribution in [3.8, 4) is 5.75 Å². The number of nitrogens with zero attached hydrogens (tertiary/aromatic N) is 1. The molecule has 1 aliphatic heterocycles.